The van der Waals surface area contributed by atoms with Gasteiger partial charge in [0.15, 0.2) is 0 Å². The van der Waals surface area contributed by atoms with E-state index in [2.05, 4.69) is 17.6 Å². The summed E-state index contributed by atoms with van der Waals surface area (Å²) in [6.45, 7) is 2.18. The Balaban J connectivity index is 1.83. The average Bonchev–Trinajstić information content (AvgIpc) is 2.47. The van der Waals surface area contributed by atoms with Gasteiger partial charge in [-0.05, 0) is 38.0 Å². The lowest BCUT2D eigenvalue weighted by Crippen LogP contribution is -2.51. The van der Waals surface area contributed by atoms with E-state index in [0.29, 0.717) is 12.3 Å². The summed E-state index contributed by atoms with van der Waals surface area (Å²) in [5.74, 6) is 0.578. The molecule has 0 radical (unpaired) electrons. The molecular weight excluding hydrogens is 300 g/mol. The van der Waals surface area contributed by atoms with E-state index < -0.39 is 9.84 Å². The number of amides is 2. The minimum absolute atomic E-state index is 0.0165. The number of carbonyl (C=O) groups is 1. The summed E-state index contributed by atoms with van der Waals surface area (Å²) in [5.41, 5.74) is 0. The number of rotatable bonds is 4. The Morgan fingerprint density at radius 3 is 2.45 bits per heavy atom. The van der Waals surface area contributed by atoms with Crippen molar-refractivity contribution in [1.82, 2.24) is 10.6 Å². The van der Waals surface area contributed by atoms with Gasteiger partial charge in [-0.3, -0.25) is 0 Å². The molecule has 2 rings (SSSR count). The van der Waals surface area contributed by atoms with E-state index in [1.165, 1.54) is 25.5 Å². The molecule has 0 aromatic carbocycles. The quantitative estimate of drug-likeness (QED) is 0.832. The van der Waals surface area contributed by atoms with Gasteiger partial charge in [0, 0.05) is 18.3 Å². The Morgan fingerprint density at radius 1 is 1.05 bits per heavy atom. The zero-order valence-electron chi connectivity index (χ0n) is 13.8. The van der Waals surface area contributed by atoms with Crippen molar-refractivity contribution in [1.29, 1.82) is 0 Å². The average molecular weight is 330 g/mol. The molecule has 0 spiro atoms. The summed E-state index contributed by atoms with van der Waals surface area (Å²) < 4.78 is 23.4. The van der Waals surface area contributed by atoms with E-state index in [1.54, 1.807) is 0 Å². The Morgan fingerprint density at radius 2 is 1.77 bits per heavy atom. The highest BCUT2D eigenvalue weighted by Gasteiger charge is 2.30. The number of hydrogen-bond donors (Lipinski definition) is 2. The van der Waals surface area contributed by atoms with E-state index >= 15 is 0 Å². The SMILES string of the molecule is CC[C@@H]1CCCC[C@@H]1NC(=O)N[C@H]1CCC[C@@H](S(C)(=O)=O)C1. The molecule has 2 amide bonds. The van der Waals surface area contributed by atoms with Gasteiger partial charge in [0.1, 0.15) is 9.84 Å². The highest BCUT2D eigenvalue weighted by Crippen LogP contribution is 2.27. The van der Waals surface area contributed by atoms with Crippen LogP contribution >= 0.6 is 0 Å². The standard InChI is InChI=1S/C16H30N2O3S/c1-3-12-7-4-5-10-15(12)18-16(19)17-13-8-6-9-14(11-13)22(2,20)21/h12-15H,3-11H2,1-2H3,(H2,17,18,19)/t12-,13+,14-,15+/m1/s1. The molecular formula is C16H30N2O3S. The lowest BCUT2D eigenvalue weighted by Gasteiger charge is -2.33. The Bertz CT molecular complexity index is 478. The van der Waals surface area contributed by atoms with Crippen LogP contribution in [0.15, 0.2) is 0 Å². The summed E-state index contributed by atoms with van der Waals surface area (Å²) in [6, 6.07) is 0.134. The van der Waals surface area contributed by atoms with Crippen LogP contribution in [0.1, 0.15) is 64.7 Å². The van der Waals surface area contributed by atoms with E-state index in [0.717, 1.165) is 32.1 Å². The zero-order valence-corrected chi connectivity index (χ0v) is 14.6. The smallest absolute Gasteiger partial charge is 0.315 e. The van der Waals surface area contributed by atoms with Gasteiger partial charge in [-0.15, -0.1) is 0 Å². The van der Waals surface area contributed by atoms with Crippen LogP contribution in [-0.2, 0) is 9.84 Å². The molecule has 2 fully saturated rings. The van der Waals surface area contributed by atoms with Crippen LogP contribution in [0.4, 0.5) is 4.79 Å². The highest BCUT2D eigenvalue weighted by atomic mass is 32.2. The number of sulfone groups is 1. The molecule has 0 aromatic heterocycles. The van der Waals surface area contributed by atoms with Crippen molar-refractivity contribution in [2.45, 2.75) is 82.0 Å². The summed E-state index contributed by atoms with van der Waals surface area (Å²) in [5, 5.41) is 5.82. The minimum Gasteiger partial charge on any atom is -0.335 e. The van der Waals surface area contributed by atoms with Crippen molar-refractivity contribution < 1.29 is 13.2 Å². The monoisotopic (exact) mass is 330 g/mol. The van der Waals surface area contributed by atoms with Crippen LogP contribution in [-0.4, -0.2) is 38.0 Å². The molecule has 0 unspecified atom stereocenters. The first-order valence-corrected chi connectivity index (χ1v) is 10.6. The fourth-order valence-electron chi connectivity index (χ4n) is 3.95. The molecule has 2 saturated carbocycles. The molecule has 0 saturated heterocycles. The normalized spacial score (nSPS) is 33.2. The number of hydrogen-bond acceptors (Lipinski definition) is 3. The maximum atomic E-state index is 12.2. The van der Waals surface area contributed by atoms with Crippen molar-refractivity contribution in [2.24, 2.45) is 5.92 Å². The van der Waals surface area contributed by atoms with E-state index in [1.807, 2.05) is 0 Å². The third-order valence-corrected chi connectivity index (χ3v) is 6.96. The molecule has 2 aliphatic rings. The molecule has 0 aliphatic heterocycles. The van der Waals surface area contributed by atoms with Crippen molar-refractivity contribution in [3.05, 3.63) is 0 Å². The first-order chi connectivity index (χ1) is 10.4. The predicted molar refractivity (Wildman–Crippen MR) is 88.6 cm³/mol. The van der Waals surface area contributed by atoms with Crippen molar-refractivity contribution in [3.63, 3.8) is 0 Å². The predicted octanol–water partition coefficient (Wildman–Crippen LogP) is 2.61. The van der Waals surface area contributed by atoms with Gasteiger partial charge in [-0.1, -0.05) is 32.6 Å². The summed E-state index contributed by atoms with van der Waals surface area (Å²) >= 11 is 0. The second kappa shape index (κ2) is 7.66. The molecule has 5 nitrogen and oxygen atoms in total. The van der Waals surface area contributed by atoms with E-state index in [4.69, 9.17) is 0 Å². The van der Waals surface area contributed by atoms with Gasteiger partial charge in [0.2, 0.25) is 0 Å². The van der Waals surface area contributed by atoms with Crippen LogP contribution < -0.4 is 10.6 Å². The van der Waals surface area contributed by atoms with Crippen LogP contribution in [0.5, 0.6) is 0 Å². The van der Waals surface area contributed by atoms with Gasteiger partial charge in [0.25, 0.3) is 0 Å². The van der Waals surface area contributed by atoms with Gasteiger partial charge in [-0.25, -0.2) is 13.2 Å². The first-order valence-electron chi connectivity index (χ1n) is 8.66. The highest BCUT2D eigenvalue weighted by molar-refractivity contribution is 7.91. The van der Waals surface area contributed by atoms with E-state index in [9.17, 15) is 13.2 Å². The maximum absolute atomic E-state index is 12.2. The minimum atomic E-state index is -3.01. The molecule has 2 N–H and O–H groups in total. The van der Waals surface area contributed by atoms with Gasteiger partial charge in [-0.2, -0.15) is 0 Å². The molecule has 2 aliphatic carbocycles. The topological polar surface area (TPSA) is 75.3 Å². The lowest BCUT2D eigenvalue weighted by molar-refractivity contribution is 0.209. The third kappa shape index (κ3) is 4.86. The van der Waals surface area contributed by atoms with Crippen LogP contribution in [0, 0.1) is 5.92 Å². The maximum Gasteiger partial charge on any atom is 0.315 e. The van der Waals surface area contributed by atoms with Crippen LogP contribution in [0.3, 0.4) is 0 Å². The zero-order chi connectivity index (χ0) is 16.2. The summed E-state index contributed by atoms with van der Waals surface area (Å²) in [7, 11) is -3.01. The van der Waals surface area contributed by atoms with Crippen LogP contribution in [0.25, 0.3) is 0 Å². The molecule has 0 aromatic rings. The third-order valence-electron chi connectivity index (χ3n) is 5.32. The van der Waals surface area contributed by atoms with Gasteiger partial charge < -0.3 is 10.6 Å². The molecule has 4 atom stereocenters. The first kappa shape index (κ1) is 17.6. The molecule has 128 valence electrons. The molecule has 6 heteroatoms. The number of carbonyl (C=O) groups excluding carboxylic acids is 1. The van der Waals surface area contributed by atoms with Crippen LogP contribution in [0.2, 0.25) is 0 Å². The number of nitrogens with one attached hydrogen (secondary N) is 2. The van der Waals surface area contributed by atoms with Crippen molar-refractivity contribution >= 4 is 15.9 Å². The largest absolute Gasteiger partial charge is 0.335 e. The molecule has 0 heterocycles. The van der Waals surface area contributed by atoms with Gasteiger partial charge in [0.05, 0.1) is 5.25 Å². The summed E-state index contributed by atoms with van der Waals surface area (Å²) in [4.78, 5) is 12.2. The van der Waals surface area contributed by atoms with Gasteiger partial charge >= 0.3 is 6.03 Å². The van der Waals surface area contributed by atoms with Crippen molar-refractivity contribution in [2.75, 3.05) is 6.26 Å². The summed E-state index contributed by atoms with van der Waals surface area (Å²) in [6.07, 6.45) is 10.1. The van der Waals surface area contributed by atoms with E-state index in [-0.39, 0.29) is 23.4 Å². The fourth-order valence-corrected chi connectivity index (χ4v) is 5.12. The molecule has 0 bridgehead atoms. The lowest BCUT2D eigenvalue weighted by atomic mass is 9.83. The Kier molecular flexibility index (Phi) is 6.12. The number of urea groups is 1. The second-order valence-corrected chi connectivity index (χ2v) is 9.32. The Hall–Kier alpha value is -0.780. The fraction of sp³-hybridized carbons (Fsp3) is 0.938. The molecule has 22 heavy (non-hydrogen) atoms. The van der Waals surface area contributed by atoms with Crippen molar-refractivity contribution in [3.8, 4) is 0 Å². The second-order valence-electron chi connectivity index (χ2n) is 6.99. The Labute approximate surface area is 134 Å².